The molecule has 0 bridgehead atoms. The van der Waals surface area contributed by atoms with Gasteiger partial charge in [0.1, 0.15) is 5.82 Å². The molecule has 78 valence electrons. The van der Waals surface area contributed by atoms with Crippen molar-refractivity contribution in [2.75, 3.05) is 5.73 Å². The molecule has 2 N–H and O–H groups in total. The summed E-state index contributed by atoms with van der Waals surface area (Å²) in [6, 6.07) is 1.37. The van der Waals surface area contributed by atoms with E-state index < -0.39 is 0 Å². The first-order valence-electron chi connectivity index (χ1n) is 4.46. The molecule has 6 heteroatoms. The summed E-state index contributed by atoms with van der Waals surface area (Å²) in [6.45, 7) is 0.335. The Morgan fingerprint density at radius 2 is 2.20 bits per heavy atom. The summed E-state index contributed by atoms with van der Waals surface area (Å²) in [5, 5.41) is 0. The van der Waals surface area contributed by atoms with Gasteiger partial charge >= 0.3 is 0 Å². The maximum atomic E-state index is 11.5. The smallest absolute Gasteiger partial charge is 0.255 e. The van der Waals surface area contributed by atoms with Gasteiger partial charge in [-0.15, -0.1) is 0 Å². The zero-order valence-corrected chi connectivity index (χ0v) is 8.29. The molecule has 2 heterocycles. The number of imidazole rings is 1. The molecule has 0 unspecified atom stereocenters. The van der Waals surface area contributed by atoms with Crippen LogP contribution in [0, 0.1) is 0 Å². The minimum absolute atomic E-state index is 0.175. The van der Waals surface area contributed by atoms with Crippen LogP contribution in [0.15, 0.2) is 29.5 Å². The van der Waals surface area contributed by atoms with Gasteiger partial charge in [-0.1, -0.05) is 0 Å². The molecule has 0 aromatic carbocycles. The van der Waals surface area contributed by atoms with E-state index in [1.807, 2.05) is 17.8 Å². The van der Waals surface area contributed by atoms with Crippen molar-refractivity contribution < 1.29 is 0 Å². The van der Waals surface area contributed by atoms with Gasteiger partial charge in [0, 0.05) is 31.7 Å². The zero-order valence-electron chi connectivity index (χ0n) is 8.29. The third-order valence-electron chi connectivity index (χ3n) is 2.19. The van der Waals surface area contributed by atoms with Gasteiger partial charge in [-0.25, -0.2) is 9.97 Å². The third-order valence-corrected chi connectivity index (χ3v) is 2.19. The van der Waals surface area contributed by atoms with E-state index in [4.69, 9.17) is 5.73 Å². The van der Waals surface area contributed by atoms with Crippen LogP contribution in [0.1, 0.15) is 5.82 Å². The molecule has 0 aliphatic rings. The molecule has 6 nitrogen and oxygen atoms in total. The number of rotatable bonds is 2. The van der Waals surface area contributed by atoms with Crippen LogP contribution in [-0.4, -0.2) is 19.1 Å². The molecule has 0 radical (unpaired) electrons. The highest BCUT2D eigenvalue weighted by molar-refractivity contribution is 5.17. The Labute approximate surface area is 86.0 Å². The number of aryl methyl sites for hydroxylation is 1. The molecule has 0 aliphatic heterocycles. The lowest BCUT2D eigenvalue weighted by Crippen LogP contribution is -2.24. The Morgan fingerprint density at radius 1 is 1.40 bits per heavy atom. The number of nitrogens with zero attached hydrogens (tertiary/aromatic N) is 4. The predicted octanol–water partition coefficient (Wildman–Crippen LogP) is -0.393. The first-order chi connectivity index (χ1) is 7.18. The lowest BCUT2D eigenvalue weighted by Gasteiger charge is -2.07. The normalized spacial score (nSPS) is 10.5. The number of aromatic nitrogens is 4. The van der Waals surface area contributed by atoms with Crippen molar-refractivity contribution in [2.24, 2.45) is 7.05 Å². The van der Waals surface area contributed by atoms with Gasteiger partial charge in [-0.05, 0) is 0 Å². The average molecular weight is 205 g/mol. The average Bonchev–Trinajstić information content (AvgIpc) is 2.58. The predicted molar refractivity (Wildman–Crippen MR) is 55.2 cm³/mol. The van der Waals surface area contributed by atoms with E-state index in [0.717, 1.165) is 5.82 Å². The van der Waals surface area contributed by atoms with Crippen LogP contribution in [0.3, 0.4) is 0 Å². The summed E-state index contributed by atoms with van der Waals surface area (Å²) in [6.07, 6.45) is 4.88. The van der Waals surface area contributed by atoms with Crippen molar-refractivity contribution in [1.29, 1.82) is 0 Å². The Bertz CT molecular complexity index is 527. The maximum absolute atomic E-state index is 11.5. The van der Waals surface area contributed by atoms with E-state index in [9.17, 15) is 4.79 Å². The highest BCUT2D eigenvalue weighted by Crippen LogP contribution is 1.99. The minimum atomic E-state index is -0.175. The lowest BCUT2D eigenvalue weighted by molar-refractivity contribution is 0.676. The summed E-state index contributed by atoms with van der Waals surface area (Å²) in [7, 11) is 1.86. The molecule has 2 rings (SSSR count). The molecule has 0 saturated carbocycles. The third kappa shape index (κ3) is 1.74. The summed E-state index contributed by atoms with van der Waals surface area (Å²) in [4.78, 5) is 19.5. The van der Waals surface area contributed by atoms with Crippen LogP contribution in [0.2, 0.25) is 0 Å². The summed E-state index contributed by atoms with van der Waals surface area (Å²) >= 11 is 0. The van der Waals surface area contributed by atoms with Crippen molar-refractivity contribution >= 4 is 5.95 Å². The van der Waals surface area contributed by atoms with E-state index in [-0.39, 0.29) is 11.5 Å². The molecule has 2 aromatic rings. The van der Waals surface area contributed by atoms with Gasteiger partial charge in [0.2, 0.25) is 5.95 Å². The molecule has 15 heavy (non-hydrogen) atoms. The van der Waals surface area contributed by atoms with E-state index in [1.165, 1.54) is 16.8 Å². The van der Waals surface area contributed by atoms with E-state index >= 15 is 0 Å². The standard InChI is InChI=1S/C9H11N5O/c1-13-5-4-11-7(13)6-14-8(15)2-3-12-9(14)10/h2-5H,6H2,1H3,(H2,10,12). The first-order valence-corrected chi connectivity index (χ1v) is 4.46. The van der Waals surface area contributed by atoms with Crippen LogP contribution in [0.4, 0.5) is 5.95 Å². The molecular weight excluding hydrogens is 194 g/mol. The molecular formula is C9H11N5O. The SMILES string of the molecule is Cn1ccnc1Cn1c(N)nccc1=O. The van der Waals surface area contributed by atoms with Crippen molar-refractivity contribution in [1.82, 2.24) is 19.1 Å². The summed E-state index contributed by atoms with van der Waals surface area (Å²) < 4.78 is 3.21. The topological polar surface area (TPSA) is 78.7 Å². The Morgan fingerprint density at radius 3 is 2.80 bits per heavy atom. The highest BCUT2D eigenvalue weighted by atomic mass is 16.1. The molecule has 0 fully saturated rings. The van der Waals surface area contributed by atoms with Crippen molar-refractivity contribution in [2.45, 2.75) is 6.54 Å². The Hall–Kier alpha value is -2.11. The lowest BCUT2D eigenvalue weighted by atomic mass is 10.5. The monoisotopic (exact) mass is 205 g/mol. The van der Waals surface area contributed by atoms with Gasteiger partial charge in [0.15, 0.2) is 0 Å². The van der Waals surface area contributed by atoms with Crippen molar-refractivity contribution in [3.05, 3.63) is 40.8 Å². The van der Waals surface area contributed by atoms with Crippen LogP contribution in [0.25, 0.3) is 0 Å². The minimum Gasteiger partial charge on any atom is -0.369 e. The zero-order chi connectivity index (χ0) is 10.8. The number of anilines is 1. The summed E-state index contributed by atoms with van der Waals surface area (Å²) in [5.41, 5.74) is 5.43. The maximum Gasteiger partial charge on any atom is 0.255 e. The second-order valence-electron chi connectivity index (χ2n) is 3.18. The van der Waals surface area contributed by atoms with E-state index in [1.54, 1.807) is 6.20 Å². The van der Waals surface area contributed by atoms with Gasteiger partial charge in [0.05, 0.1) is 6.54 Å². The molecule has 0 spiro atoms. The Balaban J connectivity index is 2.41. The highest BCUT2D eigenvalue weighted by Gasteiger charge is 2.05. The molecule has 0 aliphatic carbocycles. The number of nitrogens with two attached hydrogens (primary N) is 1. The quantitative estimate of drug-likeness (QED) is 0.724. The summed E-state index contributed by atoms with van der Waals surface area (Å²) in [5.74, 6) is 0.960. The fourth-order valence-electron chi connectivity index (χ4n) is 1.30. The van der Waals surface area contributed by atoms with E-state index in [0.29, 0.717) is 6.54 Å². The molecule has 0 saturated heterocycles. The second kappa shape index (κ2) is 3.56. The number of hydrogen-bond donors (Lipinski definition) is 1. The van der Waals surface area contributed by atoms with Gasteiger partial charge in [-0.2, -0.15) is 0 Å². The fourth-order valence-corrected chi connectivity index (χ4v) is 1.30. The number of nitrogen functional groups attached to an aromatic ring is 1. The van der Waals surface area contributed by atoms with Crippen LogP contribution < -0.4 is 11.3 Å². The van der Waals surface area contributed by atoms with Crippen LogP contribution >= 0.6 is 0 Å². The van der Waals surface area contributed by atoms with Gasteiger partial charge in [0.25, 0.3) is 5.56 Å². The first kappa shape index (κ1) is 9.45. The molecule has 2 aromatic heterocycles. The molecule has 0 atom stereocenters. The van der Waals surface area contributed by atoms with Crippen molar-refractivity contribution in [3.8, 4) is 0 Å². The second-order valence-corrected chi connectivity index (χ2v) is 3.18. The fraction of sp³-hybridized carbons (Fsp3) is 0.222. The van der Waals surface area contributed by atoms with Gasteiger partial charge in [-0.3, -0.25) is 9.36 Å². The molecule has 0 amide bonds. The van der Waals surface area contributed by atoms with E-state index in [2.05, 4.69) is 9.97 Å². The largest absolute Gasteiger partial charge is 0.369 e. The van der Waals surface area contributed by atoms with Crippen LogP contribution in [0.5, 0.6) is 0 Å². The van der Waals surface area contributed by atoms with Crippen LogP contribution in [-0.2, 0) is 13.6 Å². The van der Waals surface area contributed by atoms with Crippen molar-refractivity contribution in [3.63, 3.8) is 0 Å². The Kier molecular flexibility index (Phi) is 2.24. The van der Waals surface area contributed by atoms with Gasteiger partial charge < -0.3 is 10.3 Å². The number of hydrogen-bond acceptors (Lipinski definition) is 4.